The number of benzene rings is 2. The molecule has 27 heavy (non-hydrogen) atoms. The van der Waals surface area contributed by atoms with Crippen molar-refractivity contribution in [2.75, 3.05) is 28.6 Å². The summed E-state index contributed by atoms with van der Waals surface area (Å²) in [6.07, 6.45) is 5.72. The number of fused-ring (bicyclic) bond motifs is 1. The number of anilines is 3. The normalized spacial score (nSPS) is 17.0. The molecule has 140 valence electrons. The number of hydrogen-bond donors (Lipinski definition) is 2. The Morgan fingerprint density at radius 3 is 2.67 bits per heavy atom. The summed E-state index contributed by atoms with van der Waals surface area (Å²) < 4.78 is 0. The summed E-state index contributed by atoms with van der Waals surface area (Å²) in [4.78, 5) is 14.8. The molecular weight excluding hydrogens is 334 g/mol. The van der Waals surface area contributed by atoms with Gasteiger partial charge in [-0.15, -0.1) is 0 Å². The van der Waals surface area contributed by atoms with Crippen molar-refractivity contribution in [3.63, 3.8) is 0 Å². The highest BCUT2D eigenvalue weighted by molar-refractivity contribution is 6.32. The van der Waals surface area contributed by atoms with Gasteiger partial charge in [0.25, 0.3) is 5.91 Å². The molecule has 0 unspecified atom stereocenters. The average molecular weight is 361 g/mol. The molecule has 2 aliphatic rings. The van der Waals surface area contributed by atoms with Gasteiger partial charge in [-0.25, -0.2) is 0 Å². The molecule has 4 rings (SSSR count). The molecule has 0 bridgehead atoms. The number of nitrogens with zero attached hydrogens (tertiary/aromatic N) is 1. The monoisotopic (exact) mass is 361 g/mol. The Bertz CT molecular complexity index is 866. The minimum Gasteiger partial charge on any atom is -0.371 e. The van der Waals surface area contributed by atoms with Gasteiger partial charge in [0, 0.05) is 41.9 Å². The van der Waals surface area contributed by atoms with Crippen LogP contribution in [-0.2, 0) is 4.79 Å². The van der Waals surface area contributed by atoms with Crippen LogP contribution in [0, 0.1) is 12.8 Å². The summed E-state index contributed by atoms with van der Waals surface area (Å²) in [6.45, 7) is 6.53. The predicted octanol–water partition coefficient (Wildman–Crippen LogP) is 5.03. The van der Waals surface area contributed by atoms with Crippen LogP contribution in [0.1, 0.15) is 37.3 Å². The van der Waals surface area contributed by atoms with Gasteiger partial charge in [0.1, 0.15) is 0 Å². The maximum atomic E-state index is 12.3. The van der Waals surface area contributed by atoms with E-state index >= 15 is 0 Å². The molecule has 1 heterocycles. The third kappa shape index (κ3) is 3.85. The van der Waals surface area contributed by atoms with Gasteiger partial charge in [0.05, 0.1) is 5.57 Å². The first kappa shape index (κ1) is 17.7. The van der Waals surface area contributed by atoms with Crippen LogP contribution < -0.4 is 15.5 Å². The van der Waals surface area contributed by atoms with E-state index in [9.17, 15) is 4.79 Å². The van der Waals surface area contributed by atoms with E-state index in [0.717, 1.165) is 41.4 Å². The third-order valence-electron chi connectivity index (χ3n) is 5.32. The summed E-state index contributed by atoms with van der Waals surface area (Å²) in [5, 5.41) is 6.23. The minimum atomic E-state index is -0.0537. The Labute approximate surface area is 161 Å². The van der Waals surface area contributed by atoms with E-state index in [2.05, 4.69) is 46.7 Å². The van der Waals surface area contributed by atoms with Gasteiger partial charge in [-0.3, -0.25) is 4.79 Å². The van der Waals surface area contributed by atoms with Crippen LogP contribution >= 0.6 is 0 Å². The zero-order valence-corrected chi connectivity index (χ0v) is 16.1. The number of carbonyl (C=O) groups is 1. The molecule has 0 atom stereocenters. The number of carbonyl (C=O) groups excluding carboxylic acids is 1. The molecule has 0 aromatic heterocycles. The van der Waals surface area contributed by atoms with Gasteiger partial charge in [0.15, 0.2) is 0 Å². The molecule has 4 nitrogen and oxygen atoms in total. The maximum Gasteiger partial charge on any atom is 0.257 e. The lowest BCUT2D eigenvalue weighted by Gasteiger charge is -2.24. The molecule has 2 N–H and O–H groups in total. The van der Waals surface area contributed by atoms with Crippen molar-refractivity contribution in [3.8, 4) is 0 Å². The zero-order chi connectivity index (χ0) is 18.8. The second-order valence-corrected chi connectivity index (χ2v) is 7.59. The Kier molecular flexibility index (Phi) is 4.88. The first-order valence-corrected chi connectivity index (χ1v) is 9.88. The van der Waals surface area contributed by atoms with E-state index in [1.807, 2.05) is 31.3 Å². The Hall–Kier alpha value is -2.75. The molecule has 1 aliphatic heterocycles. The molecule has 1 aliphatic carbocycles. The van der Waals surface area contributed by atoms with Crippen molar-refractivity contribution in [1.29, 1.82) is 0 Å². The van der Waals surface area contributed by atoms with Gasteiger partial charge >= 0.3 is 0 Å². The van der Waals surface area contributed by atoms with Crippen molar-refractivity contribution in [1.82, 2.24) is 0 Å². The SMILES string of the molecule is CCCN(CC1CC1)c1ccc(N/C=C2/C(=O)Nc3cccc(C)c32)cc1. The van der Waals surface area contributed by atoms with Crippen molar-refractivity contribution in [2.24, 2.45) is 5.92 Å². The van der Waals surface area contributed by atoms with Crippen molar-refractivity contribution in [2.45, 2.75) is 33.1 Å². The minimum absolute atomic E-state index is 0.0537. The molecule has 0 saturated heterocycles. The summed E-state index contributed by atoms with van der Waals surface area (Å²) in [6, 6.07) is 14.5. The van der Waals surface area contributed by atoms with Crippen LogP contribution in [0.15, 0.2) is 48.7 Å². The lowest BCUT2D eigenvalue weighted by Crippen LogP contribution is -2.26. The fraction of sp³-hybridized carbons (Fsp3) is 0.348. The summed E-state index contributed by atoms with van der Waals surface area (Å²) >= 11 is 0. The summed E-state index contributed by atoms with van der Waals surface area (Å²) in [5.74, 6) is 0.824. The number of nitrogens with one attached hydrogen (secondary N) is 2. The lowest BCUT2D eigenvalue weighted by atomic mass is 10.0. The van der Waals surface area contributed by atoms with E-state index in [1.54, 1.807) is 0 Å². The van der Waals surface area contributed by atoms with Crippen molar-refractivity contribution < 1.29 is 4.79 Å². The van der Waals surface area contributed by atoms with Crippen LogP contribution in [0.2, 0.25) is 0 Å². The highest BCUT2D eigenvalue weighted by Crippen LogP contribution is 2.34. The number of aryl methyl sites for hydroxylation is 1. The number of hydrogen-bond acceptors (Lipinski definition) is 3. The smallest absolute Gasteiger partial charge is 0.257 e. The zero-order valence-electron chi connectivity index (χ0n) is 16.1. The largest absolute Gasteiger partial charge is 0.371 e. The highest BCUT2D eigenvalue weighted by Gasteiger charge is 2.26. The first-order valence-electron chi connectivity index (χ1n) is 9.88. The van der Waals surface area contributed by atoms with Crippen LogP contribution in [-0.4, -0.2) is 19.0 Å². The molecule has 1 amide bonds. The van der Waals surface area contributed by atoms with Crippen molar-refractivity contribution >= 4 is 28.5 Å². The molecule has 2 aromatic rings. The Morgan fingerprint density at radius 1 is 1.19 bits per heavy atom. The van der Waals surface area contributed by atoms with Crippen LogP contribution in [0.3, 0.4) is 0 Å². The van der Waals surface area contributed by atoms with Gasteiger partial charge < -0.3 is 15.5 Å². The average Bonchev–Trinajstić information content (AvgIpc) is 3.42. The third-order valence-corrected chi connectivity index (χ3v) is 5.32. The second-order valence-electron chi connectivity index (χ2n) is 7.59. The Morgan fingerprint density at radius 2 is 1.96 bits per heavy atom. The highest BCUT2D eigenvalue weighted by atomic mass is 16.2. The van der Waals surface area contributed by atoms with Crippen LogP contribution in [0.25, 0.3) is 5.57 Å². The molecule has 0 radical (unpaired) electrons. The first-order chi connectivity index (χ1) is 13.2. The molecule has 1 fully saturated rings. The van der Waals surface area contributed by atoms with Gasteiger partial charge in [-0.05, 0) is 68.0 Å². The lowest BCUT2D eigenvalue weighted by molar-refractivity contribution is -0.110. The summed E-state index contributed by atoms with van der Waals surface area (Å²) in [7, 11) is 0. The van der Waals surface area contributed by atoms with Gasteiger partial charge in [-0.1, -0.05) is 19.1 Å². The number of amides is 1. The quantitative estimate of drug-likeness (QED) is 0.680. The maximum absolute atomic E-state index is 12.3. The van der Waals surface area contributed by atoms with Gasteiger partial charge in [0.2, 0.25) is 0 Å². The molecule has 0 spiro atoms. The molecule has 2 aromatic carbocycles. The van der Waals surface area contributed by atoms with E-state index in [4.69, 9.17) is 0 Å². The summed E-state index contributed by atoms with van der Waals surface area (Å²) in [5.41, 5.74) is 5.94. The Balaban J connectivity index is 1.49. The van der Waals surface area contributed by atoms with E-state index in [0.29, 0.717) is 5.57 Å². The van der Waals surface area contributed by atoms with Crippen LogP contribution in [0.5, 0.6) is 0 Å². The van der Waals surface area contributed by atoms with E-state index in [1.165, 1.54) is 25.1 Å². The fourth-order valence-corrected chi connectivity index (χ4v) is 3.70. The molecule has 1 saturated carbocycles. The molecular formula is C23H27N3O. The fourth-order valence-electron chi connectivity index (χ4n) is 3.70. The van der Waals surface area contributed by atoms with Gasteiger partial charge in [-0.2, -0.15) is 0 Å². The van der Waals surface area contributed by atoms with Crippen LogP contribution in [0.4, 0.5) is 17.1 Å². The second kappa shape index (κ2) is 7.47. The number of rotatable bonds is 7. The topological polar surface area (TPSA) is 44.4 Å². The van der Waals surface area contributed by atoms with E-state index < -0.39 is 0 Å². The molecule has 4 heteroatoms. The van der Waals surface area contributed by atoms with Crippen molar-refractivity contribution in [3.05, 3.63) is 59.8 Å². The standard InChI is InChI=1S/C23H27N3O/c1-3-13-26(15-17-7-8-17)19-11-9-18(10-12-19)24-14-20-22-16(2)5-4-6-21(22)25-23(20)27/h4-6,9-12,14,17,24H,3,7-8,13,15H2,1-2H3,(H,25,27)/b20-14+. The van der Waals surface area contributed by atoms with E-state index in [-0.39, 0.29) is 5.91 Å². The predicted molar refractivity (Wildman–Crippen MR) is 113 cm³/mol.